The molecule has 1 rings (SSSR count). The van der Waals surface area contributed by atoms with Gasteiger partial charge in [0.1, 0.15) is 0 Å². The first-order chi connectivity index (χ1) is 5.43. The van der Waals surface area contributed by atoms with Gasteiger partial charge in [-0.25, -0.2) is 0 Å². The zero-order valence-electron chi connectivity index (χ0n) is 6.45. The van der Waals surface area contributed by atoms with Crippen LogP contribution in [0.1, 0.15) is 12.8 Å². The van der Waals surface area contributed by atoms with Crippen LogP contribution < -0.4 is 10.9 Å². The Kier molecular flexibility index (Phi) is 3.54. The summed E-state index contributed by atoms with van der Waals surface area (Å²) in [4.78, 5) is 0. The van der Waals surface area contributed by atoms with E-state index < -0.39 is 0 Å². The van der Waals surface area contributed by atoms with Gasteiger partial charge in [0.05, 0.1) is 6.54 Å². The van der Waals surface area contributed by atoms with Gasteiger partial charge in [0, 0.05) is 12.8 Å². The molecule has 1 heterocycles. The number of nitrogens with one attached hydrogen (secondary N) is 2. The monoisotopic (exact) mass is 155 g/mol. The highest BCUT2D eigenvalue weighted by molar-refractivity contribution is 5.21. The lowest BCUT2D eigenvalue weighted by atomic mass is 10.2. The van der Waals surface area contributed by atoms with E-state index in [1.54, 1.807) is 0 Å². The number of nitrogens with zero attached hydrogens (tertiary/aromatic N) is 3. The molecule has 1 fully saturated rings. The highest BCUT2D eigenvalue weighted by atomic mass is 15.6. The molecule has 1 aliphatic rings. The molecule has 2 N–H and O–H groups in total. The standard InChI is InChI=1S/C6H13N5/c1-7-10-11-9-5-6-3-2-4-8-6/h6,8H,1-5H2,(H,9,10). The zero-order chi connectivity index (χ0) is 7.94. The number of rotatable bonds is 4. The van der Waals surface area contributed by atoms with Gasteiger partial charge in [-0.05, 0) is 19.4 Å². The minimum Gasteiger partial charge on any atom is -0.312 e. The Balaban J connectivity index is 2.05. The number of hydrogen-bond acceptors (Lipinski definition) is 4. The molecule has 11 heavy (non-hydrogen) atoms. The molecular weight excluding hydrogens is 142 g/mol. The minimum atomic E-state index is 0.505. The summed E-state index contributed by atoms with van der Waals surface area (Å²) in [5.74, 6) is 0. The lowest BCUT2D eigenvalue weighted by molar-refractivity contribution is 0.584. The Morgan fingerprint density at radius 3 is 3.18 bits per heavy atom. The zero-order valence-corrected chi connectivity index (χ0v) is 6.45. The van der Waals surface area contributed by atoms with E-state index in [0.29, 0.717) is 6.04 Å². The van der Waals surface area contributed by atoms with Gasteiger partial charge in [0.25, 0.3) is 0 Å². The molecule has 1 atom stereocenters. The third-order valence-electron chi connectivity index (χ3n) is 1.65. The van der Waals surface area contributed by atoms with Crippen LogP contribution in [0.25, 0.3) is 0 Å². The van der Waals surface area contributed by atoms with E-state index in [1.165, 1.54) is 12.8 Å². The van der Waals surface area contributed by atoms with E-state index in [2.05, 4.69) is 33.0 Å². The summed E-state index contributed by atoms with van der Waals surface area (Å²) in [5, 5.41) is 14.0. The van der Waals surface area contributed by atoms with Crippen LogP contribution in [0.4, 0.5) is 0 Å². The van der Waals surface area contributed by atoms with Gasteiger partial charge in [-0.2, -0.15) is 15.8 Å². The van der Waals surface area contributed by atoms with Crippen LogP contribution in [0.5, 0.6) is 0 Å². The third-order valence-corrected chi connectivity index (χ3v) is 1.65. The molecule has 1 unspecified atom stereocenters. The Bertz CT molecular complexity index is 138. The highest BCUT2D eigenvalue weighted by Crippen LogP contribution is 2.04. The average molecular weight is 155 g/mol. The molecule has 0 aromatic carbocycles. The van der Waals surface area contributed by atoms with Gasteiger partial charge in [-0.3, -0.25) is 0 Å². The summed E-state index contributed by atoms with van der Waals surface area (Å²) in [6.45, 7) is 5.03. The van der Waals surface area contributed by atoms with E-state index in [0.717, 1.165) is 13.1 Å². The predicted molar refractivity (Wildman–Crippen MR) is 43.4 cm³/mol. The first-order valence-electron chi connectivity index (χ1n) is 3.74. The maximum atomic E-state index is 3.86. The predicted octanol–water partition coefficient (Wildman–Crippen LogP) is 0.311. The van der Waals surface area contributed by atoms with Crippen molar-refractivity contribution < 1.29 is 0 Å². The molecule has 0 bridgehead atoms. The van der Waals surface area contributed by atoms with Gasteiger partial charge in [-0.15, -0.1) is 0 Å². The van der Waals surface area contributed by atoms with E-state index in [4.69, 9.17) is 0 Å². The quantitative estimate of drug-likeness (QED) is 0.349. The summed E-state index contributed by atoms with van der Waals surface area (Å²) in [7, 11) is 0. The van der Waals surface area contributed by atoms with Gasteiger partial charge in [0.15, 0.2) is 0 Å². The van der Waals surface area contributed by atoms with Crippen LogP contribution in [-0.4, -0.2) is 25.8 Å². The first-order valence-corrected chi connectivity index (χ1v) is 3.74. The second-order valence-electron chi connectivity index (χ2n) is 2.48. The SMILES string of the molecule is C=NNN=NCC1CCCN1. The van der Waals surface area contributed by atoms with Crippen LogP contribution >= 0.6 is 0 Å². The Labute approximate surface area is 65.9 Å². The van der Waals surface area contributed by atoms with Gasteiger partial charge >= 0.3 is 0 Å². The molecular formula is C6H13N5. The molecule has 1 saturated heterocycles. The van der Waals surface area contributed by atoms with E-state index in [1.807, 2.05) is 0 Å². The number of hydrogen-bond donors (Lipinski definition) is 2. The van der Waals surface area contributed by atoms with Gasteiger partial charge in [-0.1, -0.05) is 5.22 Å². The van der Waals surface area contributed by atoms with Crippen molar-refractivity contribution in [2.45, 2.75) is 18.9 Å². The minimum absolute atomic E-state index is 0.505. The molecule has 1 aliphatic heterocycles. The smallest absolute Gasteiger partial charge is 0.0774 e. The second kappa shape index (κ2) is 4.79. The fraction of sp³-hybridized carbons (Fsp3) is 0.833. The summed E-state index contributed by atoms with van der Waals surface area (Å²) in [6.07, 6.45) is 2.44. The largest absolute Gasteiger partial charge is 0.312 e. The molecule has 0 spiro atoms. The van der Waals surface area contributed by atoms with Crippen molar-refractivity contribution in [3.05, 3.63) is 0 Å². The summed E-state index contributed by atoms with van der Waals surface area (Å²) < 4.78 is 0. The van der Waals surface area contributed by atoms with Crippen LogP contribution in [0, 0.1) is 0 Å². The molecule has 0 aromatic rings. The fourth-order valence-electron chi connectivity index (χ4n) is 1.12. The van der Waals surface area contributed by atoms with Crippen molar-refractivity contribution in [2.75, 3.05) is 13.1 Å². The summed E-state index contributed by atoms with van der Waals surface area (Å²) in [5.41, 5.74) is 2.32. The van der Waals surface area contributed by atoms with E-state index >= 15 is 0 Å². The van der Waals surface area contributed by atoms with Crippen molar-refractivity contribution in [1.29, 1.82) is 0 Å². The summed E-state index contributed by atoms with van der Waals surface area (Å²) in [6, 6.07) is 0.505. The third kappa shape index (κ3) is 3.08. The number of hydrazone groups is 1. The lowest BCUT2D eigenvalue weighted by Crippen LogP contribution is -2.24. The highest BCUT2D eigenvalue weighted by Gasteiger charge is 2.12. The fourth-order valence-corrected chi connectivity index (χ4v) is 1.12. The normalized spacial score (nSPS) is 24.2. The lowest BCUT2D eigenvalue weighted by Gasteiger charge is -2.02. The van der Waals surface area contributed by atoms with E-state index in [-0.39, 0.29) is 0 Å². The van der Waals surface area contributed by atoms with Crippen LogP contribution in [0.3, 0.4) is 0 Å². The summed E-state index contributed by atoms with van der Waals surface area (Å²) >= 11 is 0. The van der Waals surface area contributed by atoms with Crippen LogP contribution in [-0.2, 0) is 0 Å². The molecule has 0 radical (unpaired) electrons. The van der Waals surface area contributed by atoms with Crippen molar-refractivity contribution in [2.24, 2.45) is 15.4 Å². The average Bonchev–Trinajstić information content (AvgIpc) is 2.50. The Morgan fingerprint density at radius 1 is 1.64 bits per heavy atom. The van der Waals surface area contributed by atoms with Crippen molar-refractivity contribution in [3.63, 3.8) is 0 Å². The molecule has 5 heteroatoms. The molecule has 62 valence electrons. The Morgan fingerprint density at radius 2 is 2.55 bits per heavy atom. The van der Waals surface area contributed by atoms with Crippen molar-refractivity contribution >= 4 is 6.72 Å². The van der Waals surface area contributed by atoms with Gasteiger partial charge < -0.3 is 5.32 Å². The Hall–Kier alpha value is -0.970. The molecule has 0 amide bonds. The molecule has 0 aliphatic carbocycles. The second-order valence-corrected chi connectivity index (χ2v) is 2.48. The molecule has 5 nitrogen and oxygen atoms in total. The van der Waals surface area contributed by atoms with E-state index in [9.17, 15) is 0 Å². The molecule has 0 aromatic heterocycles. The maximum Gasteiger partial charge on any atom is 0.0774 e. The first kappa shape index (κ1) is 8.13. The van der Waals surface area contributed by atoms with Gasteiger partial charge in [0.2, 0.25) is 0 Å². The van der Waals surface area contributed by atoms with Crippen LogP contribution in [0.2, 0.25) is 0 Å². The molecule has 0 saturated carbocycles. The van der Waals surface area contributed by atoms with Crippen LogP contribution in [0.15, 0.2) is 15.4 Å². The maximum absolute atomic E-state index is 3.86. The topological polar surface area (TPSA) is 61.1 Å². The van der Waals surface area contributed by atoms with Crippen molar-refractivity contribution in [3.8, 4) is 0 Å². The van der Waals surface area contributed by atoms with Crippen molar-refractivity contribution in [1.82, 2.24) is 10.9 Å².